The summed E-state index contributed by atoms with van der Waals surface area (Å²) in [4.78, 5) is 11.4. The van der Waals surface area contributed by atoms with Gasteiger partial charge in [-0.1, -0.05) is 36.4 Å². The van der Waals surface area contributed by atoms with Crippen molar-refractivity contribution in [1.29, 1.82) is 5.26 Å². The Morgan fingerprint density at radius 2 is 1.82 bits per heavy atom. The molecule has 0 saturated heterocycles. The lowest BCUT2D eigenvalue weighted by atomic mass is 10.1. The molecule has 0 atom stereocenters. The predicted molar refractivity (Wildman–Crippen MR) is 114 cm³/mol. The largest absolute Gasteiger partial charge is 0.370 e. The molecule has 0 unspecified atom stereocenters. The van der Waals surface area contributed by atoms with Crippen molar-refractivity contribution in [3.05, 3.63) is 66.2 Å². The van der Waals surface area contributed by atoms with Crippen molar-refractivity contribution in [2.24, 2.45) is 0 Å². The van der Waals surface area contributed by atoms with E-state index in [2.05, 4.69) is 45.7 Å². The molecule has 0 spiro atoms. The minimum atomic E-state index is 0.492. The van der Waals surface area contributed by atoms with Crippen LogP contribution in [0, 0.1) is 11.3 Å². The van der Waals surface area contributed by atoms with Gasteiger partial charge in [-0.15, -0.1) is 0 Å². The molecule has 2 aromatic carbocycles. The second-order valence-electron chi connectivity index (χ2n) is 6.73. The molecule has 6 nitrogen and oxygen atoms in total. The maximum atomic E-state index is 9.10. The summed E-state index contributed by atoms with van der Waals surface area (Å²) >= 11 is 0. The lowest BCUT2D eigenvalue weighted by Gasteiger charge is -2.13. The van der Waals surface area contributed by atoms with Gasteiger partial charge in [0, 0.05) is 23.9 Å². The molecule has 1 heterocycles. The molecule has 0 aliphatic rings. The van der Waals surface area contributed by atoms with Crippen molar-refractivity contribution in [3.63, 3.8) is 0 Å². The molecule has 6 heteroatoms. The van der Waals surface area contributed by atoms with Gasteiger partial charge in [-0.3, -0.25) is 0 Å². The van der Waals surface area contributed by atoms with Crippen LogP contribution in [0.25, 0.3) is 11.3 Å². The van der Waals surface area contributed by atoms with Gasteiger partial charge in [0.2, 0.25) is 5.95 Å². The number of rotatable bonds is 8. The van der Waals surface area contributed by atoms with Crippen LogP contribution in [0.4, 0.5) is 17.5 Å². The first-order valence-electron chi connectivity index (χ1n) is 9.24. The number of nitrogens with one attached hydrogen (secondary N) is 2. The van der Waals surface area contributed by atoms with Crippen LogP contribution in [0.2, 0.25) is 0 Å². The third-order valence-electron chi connectivity index (χ3n) is 4.13. The van der Waals surface area contributed by atoms with Crippen molar-refractivity contribution in [2.75, 3.05) is 37.8 Å². The van der Waals surface area contributed by atoms with Crippen LogP contribution in [-0.4, -0.2) is 42.1 Å². The van der Waals surface area contributed by atoms with E-state index in [1.165, 1.54) is 0 Å². The topological polar surface area (TPSA) is 76.9 Å². The van der Waals surface area contributed by atoms with Gasteiger partial charge in [0.15, 0.2) is 0 Å². The van der Waals surface area contributed by atoms with Crippen LogP contribution in [0.1, 0.15) is 12.0 Å². The number of nitriles is 1. The van der Waals surface area contributed by atoms with Crippen molar-refractivity contribution in [1.82, 2.24) is 14.9 Å². The smallest absolute Gasteiger partial charge is 0.229 e. The molecule has 0 fully saturated rings. The monoisotopic (exact) mass is 372 g/mol. The van der Waals surface area contributed by atoms with Crippen LogP contribution >= 0.6 is 0 Å². The van der Waals surface area contributed by atoms with Crippen molar-refractivity contribution in [3.8, 4) is 17.3 Å². The summed E-state index contributed by atoms with van der Waals surface area (Å²) in [5.41, 5.74) is 3.23. The first-order valence-corrected chi connectivity index (χ1v) is 9.24. The number of anilines is 3. The predicted octanol–water partition coefficient (Wildman–Crippen LogP) is 4.12. The SMILES string of the molecule is CN(C)CCCNc1cc(-c2ccccc2)nc(Nc2cccc(C#N)c2)n1. The van der Waals surface area contributed by atoms with E-state index in [-0.39, 0.29) is 0 Å². The number of nitrogens with zero attached hydrogens (tertiary/aromatic N) is 4. The van der Waals surface area contributed by atoms with Gasteiger partial charge in [-0.2, -0.15) is 10.2 Å². The molecule has 0 aliphatic carbocycles. The standard InChI is InChI=1S/C22H24N6/c1-28(2)13-7-12-24-21-15-20(18-9-4-3-5-10-18)26-22(27-21)25-19-11-6-8-17(14-19)16-23/h3-6,8-11,14-15H,7,12-13H2,1-2H3,(H2,24,25,26,27). The van der Waals surface area contributed by atoms with E-state index < -0.39 is 0 Å². The van der Waals surface area contributed by atoms with Gasteiger partial charge < -0.3 is 15.5 Å². The highest BCUT2D eigenvalue weighted by molar-refractivity contribution is 5.66. The number of benzene rings is 2. The highest BCUT2D eigenvalue weighted by atomic mass is 15.1. The van der Waals surface area contributed by atoms with Gasteiger partial charge in [-0.25, -0.2) is 4.98 Å². The zero-order valence-corrected chi connectivity index (χ0v) is 16.2. The quantitative estimate of drug-likeness (QED) is 0.579. The molecule has 0 radical (unpaired) electrons. The molecular formula is C22H24N6. The molecule has 0 bridgehead atoms. The second-order valence-corrected chi connectivity index (χ2v) is 6.73. The average molecular weight is 372 g/mol. The lowest BCUT2D eigenvalue weighted by Crippen LogP contribution is -2.16. The Labute approximate surface area is 165 Å². The minimum Gasteiger partial charge on any atom is -0.370 e. The van der Waals surface area contributed by atoms with E-state index in [0.29, 0.717) is 11.5 Å². The third-order valence-corrected chi connectivity index (χ3v) is 4.13. The zero-order chi connectivity index (χ0) is 19.8. The Bertz CT molecular complexity index is 947. The fourth-order valence-corrected chi connectivity index (χ4v) is 2.76. The Morgan fingerprint density at radius 1 is 1.00 bits per heavy atom. The van der Waals surface area contributed by atoms with Crippen molar-refractivity contribution >= 4 is 17.5 Å². The van der Waals surface area contributed by atoms with E-state index in [1.807, 2.05) is 48.5 Å². The second kappa shape index (κ2) is 9.49. The summed E-state index contributed by atoms with van der Waals surface area (Å²) < 4.78 is 0. The summed E-state index contributed by atoms with van der Waals surface area (Å²) in [6.45, 7) is 1.84. The van der Waals surface area contributed by atoms with Crippen molar-refractivity contribution in [2.45, 2.75) is 6.42 Å². The summed E-state index contributed by atoms with van der Waals surface area (Å²) in [5.74, 6) is 1.26. The molecule has 3 aromatic rings. The van der Waals surface area contributed by atoms with E-state index in [1.54, 1.807) is 12.1 Å². The van der Waals surface area contributed by atoms with E-state index in [9.17, 15) is 0 Å². The molecule has 2 N–H and O–H groups in total. The molecule has 0 saturated carbocycles. The highest BCUT2D eigenvalue weighted by Crippen LogP contribution is 2.23. The molecule has 0 amide bonds. The van der Waals surface area contributed by atoms with E-state index in [0.717, 1.165) is 42.3 Å². The molecule has 1 aromatic heterocycles. The van der Waals surface area contributed by atoms with E-state index >= 15 is 0 Å². The fraction of sp³-hybridized carbons (Fsp3) is 0.227. The van der Waals surface area contributed by atoms with Crippen LogP contribution < -0.4 is 10.6 Å². The normalized spacial score (nSPS) is 10.5. The number of hydrogen-bond acceptors (Lipinski definition) is 6. The van der Waals surface area contributed by atoms with Gasteiger partial charge >= 0.3 is 0 Å². The minimum absolute atomic E-state index is 0.492. The number of hydrogen-bond donors (Lipinski definition) is 2. The van der Waals surface area contributed by atoms with Gasteiger partial charge in [0.05, 0.1) is 17.3 Å². The van der Waals surface area contributed by atoms with Gasteiger partial charge in [0.25, 0.3) is 0 Å². The summed E-state index contributed by atoms with van der Waals surface area (Å²) in [6, 6.07) is 21.4. The Morgan fingerprint density at radius 3 is 2.57 bits per heavy atom. The molecule has 3 rings (SSSR count). The summed E-state index contributed by atoms with van der Waals surface area (Å²) in [6.07, 6.45) is 1.02. The highest BCUT2D eigenvalue weighted by Gasteiger charge is 2.08. The van der Waals surface area contributed by atoms with Crippen LogP contribution in [0.5, 0.6) is 0 Å². The lowest BCUT2D eigenvalue weighted by molar-refractivity contribution is 0.405. The molecule has 142 valence electrons. The van der Waals surface area contributed by atoms with Gasteiger partial charge in [-0.05, 0) is 45.3 Å². The Hall–Kier alpha value is -3.43. The zero-order valence-electron chi connectivity index (χ0n) is 16.2. The van der Waals surface area contributed by atoms with Crippen LogP contribution in [0.3, 0.4) is 0 Å². The Kier molecular flexibility index (Phi) is 6.55. The third kappa shape index (κ3) is 5.53. The van der Waals surface area contributed by atoms with Crippen LogP contribution in [-0.2, 0) is 0 Å². The Balaban J connectivity index is 1.85. The molecule has 28 heavy (non-hydrogen) atoms. The number of aromatic nitrogens is 2. The fourth-order valence-electron chi connectivity index (χ4n) is 2.76. The summed E-state index contributed by atoms with van der Waals surface area (Å²) in [5, 5.41) is 15.7. The van der Waals surface area contributed by atoms with Gasteiger partial charge in [0.1, 0.15) is 5.82 Å². The van der Waals surface area contributed by atoms with Crippen LogP contribution in [0.15, 0.2) is 60.7 Å². The van der Waals surface area contributed by atoms with E-state index in [4.69, 9.17) is 5.26 Å². The molecular weight excluding hydrogens is 348 g/mol. The maximum absolute atomic E-state index is 9.10. The average Bonchev–Trinajstić information content (AvgIpc) is 2.72. The first kappa shape index (κ1) is 19.3. The maximum Gasteiger partial charge on any atom is 0.229 e. The summed E-state index contributed by atoms with van der Waals surface area (Å²) in [7, 11) is 4.13. The first-order chi connectivity index (χ1) is 13.6. The molecule has 0 aliphatic heterocycles. The van der Waals surface area contributed by atoms with Crippen molar-refractivity contribution < 1.29 is 0 Å².